The van der Waals surface area contributed by atoms with Crippen molar-refractivity contribution in [3.63, 3.8) is 0 Å². The fourth-order valence-electron chi connectivity index (χ4n) is 3.73. The van der Waals surface area contributed by atoms with Crippen LogP contribution in [0.1, 0.15) is 55.4 Å². The minimum absolute atomic E-state index is 0.201. The first kappa shape index (κ1) is 25.1. The summed E-state index contributed by atoms with van der Waals surface area (Å²) in [6.45, 7) is 18.9. The molecule has 6 nitrogen and oxygen atoms in total. The maximum atomic E-state index is 13.2. The fourth-order valence-corrected chi connectivity index (χ4v) is 5.33. The van der Waals surface area contributed by atoms with Gasteiger partial charge < -0.3 is 14.1 Å². The Morgan fingerprint density at radius 2 is 1.64 bits per heavy atom. The monoisotopic (exact) mass is 433 g/mol. The summed E-state index contributed by atoms with van der Waals surface area (Å²) in [5, 5.41) is -0.533. The number of amides is 1. The van der Waals surface area contributed by atoms with Crippen molar-refractivity contribution >= 4 is 37.8 Å². The first-order valence-electron chi connectivity index (χ1n) is 9.82. The maximum Gasteiger partial charge on any atom is 0.326 e. The average Bonchev–Trinajstić information content (AvgIpc) is 2.45. The Morgan fingerprint density at radius 3 is 2.00 bits per heavy atom. The molecule has 0 unspecified atom stereocenters. The maximum absolute atomic E-state index is 13.2. The normalized spacial score (nSPS) is 23.9. The molecule has 0 radical (unpaired) electrons. The average molecular weight is 434 g/mol. The van der Waals surface area contributed by atoms with Crippen LogP contribution in [0.4, 0.5) is 0 Å². The molecule has 1 rings (SSSR count). The van der Waals surface area contributed by atoms with Gasteiger partial charge >= 0.3 is 5.97 Å². The molecule has 0 aliphatic carbocycles. The van der Waals surface area contributed by atoms with Gasteiger partial charge in [-0.1, -0.05) is 27.7 Å². The van der Waals surface area contributed by atoms with Gasteiger partial charge in [0.25, 0.3) is 0 Å². The van der Waals surface area contributed by atoms with Crippen molar-refractivity contribution in [1.82, 2.24) is 4.90 Å². The van der Waals surface area contributed by atoms with E-state index >= 15 is 0 Å². The lowest BCUT2D eigenvalue weighted by molar-refractivity contribution is -0.195. The minimum Gasteiger partial charge on any atom is -0.459 e. The Labute approximate surface area is 176 Å². The molecule has 0 aromatic carbocycles. The molecule has 1 fully saturated rings. The highest BCUT2D eigenvalue weighted by molar-refractivity contribution is 6.64. The summed E-state index contributed by atoms with van der Waals surface area (Å²) in [4.78, 5) is 38.9. The minimum atomic E-state index is -1.50. The van der Waals surface area contributed by atoms with Crippen LogP contribution >= 0.6 is 11.6 Å². The SMILES string of the molecule is C[C@@H](C(=O)Cl)[C@@H]1[C@@H]([C@@](C)(O[SiH](C)C)C(C)(C)C)C(=O)N1CC(=O)OC(C)(C)C. The molecule has 8 heteroatoms. The predicted molar refractivity (Wildman–Crippen MR) is 113 cm³/mol. The Hall–Kier alpha value is -0.923. The molecular weight excluding hydrogens is 398 g/mol. The van der Waals surface area contributed by atoms with Crippen LogP contribution in [0.3, 0.4) is 0 Å². The van der Waals surface area contributed by atoms with E-state index in [1.165, 1.54) is 4.90 Å². The number of β-lactam (4-membered cyclic amide) rings is 1. The summed E-state index contributed by atoms with van der Waals surface area (Å²) >= 11 is 5.80. The second kappa shape index (κ2) is 8.44. The highest BCUT2D eigenvalue weighted by Crippen LogP contribution is 2.49. The number of ether oxygens (including phenoxy) is 1. The lowest BCUT2D eigenvalue weighted by Gasteiger charge is -2.59. The number of carbonyl (C=O) groups is 3. The number of hydrogen-bond donors (Lipinski definition) is 0. The molecule has 0 spiro atoms. The number of esters is 1. The standard InChI is InChI=1S/C20H36ClNO5Si/c1-12(16(21)24)15-14(20(8,18(2,3)4)27-28(9)10)17(25)22(15)11-13(23)26-19(5,6)7/h12,14-15,28H,11H2,1-10H3/t12-,14-,15-,20-/m1/s1. The van der Waals surface area contributed by atoms with Gasteiger partial charge in [-0.3, -0.25) is 14.4 Å². The van der Waals surface area contributed by atoms with E-state index < -0.39 is 49.3 Å². The summed E-state index contributed by atoms with van der Waals surface area (Å²) in [5.74, 6) is -1.88. The summed E-state index contributed by atoms with van der Waals surface area (Å²) in [5.41, 5.74) is -1.78. The third kappa shape index (κ3) is 5.36. The highest BCUT2D eigenvalue weighted by atomic mass is 35.5. The molecule has 162 valence electrons. The van der Waals surface area contributed by atoms with E-state index in [4.69, 9.17) is 20.8 Å². The van der Waals surface area contributed by atoms with Gasteiger partial charge in [-0.25, -0.2) is 0 Å². The fraction of sp³-hybridized carbons (Fsp3) is 0.850. The van der Waals surface area contributed by atoms with E-state index in [0.717, 1.165) is 0 Å². The van der Waals surface area contributed by atoms with Gasteiger partial charge in [0.05, 0.1) is 23.5 Å². The molecule has 28 heavy (non-hydrogen) atoms. The van der Waals surface area contributed by atoms with Crippen molar-refractivity contribution in [2.45, 2.75) is 85.7 Å². The van der Waals surface area contributed by atoms with Crippen LogP contribution < -0.4 is 0 Å². The Balaban J connectivity index is 3.27. The molecule has 1 aliphatic heterocycles. The number of carbonyl (C=O) groups excluding carboxylic acids is 3. The number of nitrogens with zero attached hydrogens (tertiary/aromatic N) is 1. The van der Waals surface area contributed by atoms with Gasteiger partial charge in [-0.05, 0) is 57.8 Å². The van der Waals surface area contributed by atoms with Crippen LogP contribution in [0, 0.1) is 17.3 Å². The van der Waals surface area contributed by atoms with Gasteiger partial charge in [-0.15, -0.1) is 0 Å². The Kier molecular flexibility index (Phi) is 7.57. The molecule has 0 N–H and O–H groups in total. The number of likely N-dealkylation sites (tertiary alicyclic amines) is 1. The summed E-state index contributed by atoms with van der Waals surface area (Å²) in [7, 11) is -1.50. The second-order valence-corrected chi connectivity index (χ2v) is 12.8. The van der Waals surface area contributed by atoms with E-state index in [1.807, 2.05) is 27.7 Å². The molecular formula is C20H36ClNO5Si. The van der Waals surface area contributed by atoms with Crippen molar-refractivity contribution in [2.24, 2.45) is 17.3 Å². The number of halogens is 1. The van der Waals surface area contributed by atoms with Crippen LogP contribution in [0.5, 0.6) is 0 Å². The van der Waals surface area contributed by atoms with Gasteiger partial charge in [0.2, 0.25) is 11.1 Å². The van der Waals surface area contributed by atoms with E-state index in [9.17, 15) is 14.4 Å². The van der Waals surface area contributed by atoms with Crippen LogP contribution in [-0.4, -0.2) is 54.8 Å². The number of rotatable bonds is 7. The van der Waals surface area contributed by atoms with Crippen molar-refractivity contribution in [1.29, 1.82) is 0 Å². The van der Waals surface area contributed by atoms with E-state index in [2.05, 4.69) is 13.1 Å². The largest absolute Gasteiger partial charge is 0.459 e. The van der Waals surface area contributed by atoms with Gasteiger partial charge in [0, 0.05) is 0 Å². The third-order valence-corrected chi connectivity index (χ3v) is 6.71. The topological polar surface area (TPSA) is 72.9 Å². The van der Waals surface area contributed by atoms with Crippen molar-refractivity contribution in [3.05, 3.63) is 0 Å². The molecule has 0 bridgehead atoms. The lowest BCUT2D eigenvalue weighted by atomic mass is 9.61. The van der Waals surface area contributed by atoms with E-state index in [1.54, 1.807) is 27.7 Å². The summed E-state index contributed by atoms with van der Waals surface area (Å²) in [6.07, 6.45) is 0. The van der Waals surface area contributed by atoms with Gasteiger partial charge in [0.15, 0.2) is 9.04 Å². The first-order valence-corrected chi connectivity index (χ1v) is 13.0. The van der Waals surface area contributed by atoms with E-state index in [0.29, 0.717) is 0 Å². The molecule has 0 aromatic rings. The van der Waals surface area contributed by atoms with Crippen LogP contribution in [-0.2, 0) is 23.5 Å². The zero-order chi connectivity index (χ0) is 22.2. The van der Waals surface area contributed by atoms with Crippen molar-refractivity contribution in [3.8, 4) is 0 Å². The molecule has 1 amide bonds. The highest BCUT2D eigenvalue weighted by Gasteiger charge is 2.63. The zero-order valence-corrected chi connectivity index (χ0v) is 20.8. The molecule has 1 saturated heterocycles. The lowest BCUT2D eigenvalue weighted by Crippen LogP contribution is -2.74. The van der Waals surface area contributed by atoms with Gasteiger partial charge in [-0.2, -0.15) is 0 Å². The molecule has 4 atom stereocenters. The summed E-state index contributed by atoms with van der Waals surface area (Å²) < 4.78 is 11.7. The third-order valence-electron chi connectivity index (χ3n) is 5.40. The summed E-state index contributed by atoms with van der Waals surface area (Å²) in [6, 6.07) is -0.512. The smallest absolute Gasteiger partial charge is 0.326 e. The first-order chi connectivity index (χ1) is 12.4. The number of hydrogen-bond acceptors (Lipinski definition) is 5. The zero-order valence-electron chi connectivity index (χ0n) is 18.9. The van der Waals surface area contributed by atoms with Crippen LogP contribution in [0.2, 0.25) is 13.1 Å². The quantitative estimate of drug-likeness (QED) is 0.266. The molecule has 0 saturated carbocycles. The van der Waals surface area contributed by atoms with Gasteiger partial charge in [0.1, 0.15) is 12.1 Å². The van der Waals surface area contributed by atoms with E-state index in [-0.39, 0.29) is 17.9 Å². The second-order valence-electron chi connectivity index (χ2n) is 10.1. The van der Waals surface area contributed by atoms with Crippen LogP contribution in [0.25, 0.3) is 0 Å². The Bertz CT molecular complexity index is 625. The van der Waals surface area contributed by atoms with Crippen molar-refractivity contribution < 1.29 is 23.5 Å². The predicted octanol–water partition coefficient (Wildman–Crippen LogP) is 3.36. The molecule has 0 aromatic heterocycles. The van der Waals surface area contributed by atoms with Crippen molar-refractivity contribution in [2.75, 3.05) is 6.54 Å². The van der Waals surface area contributed by atoms with Crippen LogP contribution in [0.15, 0.2) is 0 Å². The molecule has 1 aliphatic rings. The Morgan fingerprint density at radius 1 is 1.14 bits per heavy atom. The molecule has 1 heterocycles.